The summed E-state index contributed by atoms with van der Waals surface area (Å²) in [6.45, 7) is -0.724. The highest BCUT2D eigenvalue weighted by atomic mass is 16.8. The van der Waals surface area contributed by atoms with Crippen LogP contribution in [0, 0.1) is 0 Å². The van der Waals surface area contributed by atoms with Gasteiger partial charge in [-0.05, 0) is 0 Å². The third-order valence-corrected chi connectivity index (χ3v) is 4.96. The number of aliphatic hydroxyl groups is 6. The first-order valence-corrected chi connectivity index (χ1v) is 10.0. The number of nitrogens with two attached hydrogens (primary N) is 2. The fraction of sp³-hybridized carbons (Fsp3) is 0.941. The Labute approximate surface area is 183 Å². The number of primary amides is 1. The summed E-state index contributed by atoms with van der Waals surface area (Å²) in [5, 5.41) is 59.9. The van der Waals surface area contributed by atoms with Crippen LogP contribution in [0.1, 0.15) is 0 Å². The normalized spacial score (nSPS) is 40.2. The second kappa shape index (κ2) is 12.9. The molecule has 0 aromatic rings. The molecule has 15 heteroatoms. The number of ether oxygens (including phenoxy) is 6. The van der Waals surface area contributed by atoms with E-state index in [2.05, 4.69) is 0 Å². The molecule has 0 spiro atoms. The van der Waals surface area contributed by atoms with Crippen LogP contribution in [0.5, 0.6) is 0 Å². The molecule has 0 radical (unpaired) electrons. The van der Waals surface area contributed by atoms with Gasteiger partial charge in [-0.15, -0.1) is 0 Å². The first-order valence-electron chi connectivity index (χ1n) is 10.0. The van der Waals surface area contributed by atoms with Crippen molar-refractivity contribution < 1.29 is 63.9 Å². The van der Waals surface area contributed by atoms with E-state index in [1.54, 1.807) is 0 Å². The van der Waals surface area contributed by atoms with Gasteiger partial charge in [0.15, 0.2) is 18.7 Å². The van der Waals surface area contributed by atoms with Crippen LogP contribution in [0.2, 0.25) is 0 Å². The first-order chi connectivity index (χ1) is 15.2. The second-order valence-corrected chi connectivity index (χ2v) is 7.19. The highest BCUT2D eigenvalue weighted by molar-refractivity contribution is 5.64. The molecule has 0 aromatic heterocycles. The summed E-state index contributed by atoms with van der Waals surface area (Å²) in [6.07, 6.45) is -16.7. The van der Waals surface area contributed by atoms with Gasteiger partial charge < -0.3 is 70.5 Å². The second-order valence-electron chi connectivity index (χ2n) is 7.19. The summed E-state index contributed by atoms with van der Waals surface area (Å²) >= 11 is 0. The molecule has 2 fully saturated rings. The van der Waals surface area contributed by atoms with Crippen LogP contribution in [0.15, 0.2) is 0 Å². The number of rotatable bonds is 11. The number of carbonyl (C=O) groups is 1. The third kappa shape index (κ3) is 6.66. The SMILES string of the molecule is NCCOCCOC1O[C@@H](CO)[C@@H](O)[C@H](O)[C@@H]1O[C@H]1O[C@H](CO)[C@@H](O)[C@H](O)[C@@H]1OC(N)=O. The van der Waals surface area contributed by atoms with Gasteiger partial charge >= 0.3 is 6.09 Å². The van der Waals surface area contributed by atoms with E-state index in [9.17, 15) is 35.4 Å². The van der Waals surface area contributed by atoms with E-state index >= 15 is 0 Å². The molecule has 0 aromatic carbocycles. The van der Waals surface area contributed by atoms with E-state index in [4.69, 9.17) is 39.9 Å². The lowest BCUT2D eigenvalue weighted by Gasteiger charge is -2.46. The Morgan fingerprint density at radius 3 is 1.91 bits per heavy atom. The summed E-state index contributed by atoms with van der Waals surface area (Å²) in [5.41, 5.74) is 10.3. The fourth-order valence-electron chi connectivity index (χ4n) is 3.32. The quantitative estimate of drug-likeness (QED) is 0.131. The Morgan fingerprint density at radius 2 is 1.38 bits per heavy atom. The van der Waals surface area contributed by atoms with Crippen molar-refractivity contribution in [3.8, 4) is 0 Å². The Balaban J connectivity index is 2.18. The monoisotopic (exact) mass is 472 g/mol. The molecule has 0 saturated carbocycles. The number of carbonyl (C=O) groups excluding carboxylic acids is 1. The molecule has 2 aliphatic heterocycles. The first kappa shape index (κ1) is 27.0. The molecule has 188 valence electrons. The average Bonchev–Trinajstić information content (AvgIpc) is 2.77. The topological polar surface area (TPSA) is 246 Å². The molecule has 2 aliphatic rings. The van der Waals surface area contributed by atoms with Gasteiger partial charge in [0.05, 0.1) is 33.0 Å². The van der Waals surface area contributed by atoms with E-state index in [0.717, 1.165) is 0 Å². The van der Waals surface area contributed by atoms with Crippen molar-refractivity contribution in [2.24, 2.45) is 11.5 Å². The van der Waals surface area contributed by atoms with Crippen LogP contribution in [-0.2, 0) is 28.4 Å². The minimum absolute atomic E-state index is 0.0428. The van der Waals surface area contributed by atoms with Crippen molar-refractivity contribution in [3.63, 3.8) is 0 Å². The molecule has 10 N–H and O–H groups in total. The van der Waals surface area contributed by atoms with Crippen LogP contribution >= 0.6 is 0 Å². The van der Waals surface area contributed by atoms with E-state index in [1.165, 1.54) is 0 Å². The molecular formula is C17H32N2O13. The predicted molar refractivity (Wildman–Crippen MR) is 101 cm³/mol. The van der Waals surface area contributed by atoms with Gasteiger partial charge in [-0.25, -0.2) is 4.79 Å². The summed E-state index contributed by atoms with van der Waals surface area (Å²) in [7, 11) is 0. The Kier molecular flexibility index (Phi) is 10.9. The van der Waals surface area contributed by atoms with Gasteiger partial charge in [0, 0.05) is 6.54 Å². The van der Waals surface area contributed by atoms with E-state index in [1.807, 2.05) is 0 Å². The minimum Gasteiger partial charge on any atom is -0.438 e. The van der Waals surface area contributed by atoms with Crippen molar-refractivity contribution in [1.29, 1.82) is 0 Å². The molecule has 2 heterocycles. The van der Waals surface area contributed by atoms with Gasteiger partial charge in [0.1, 0.15) is 42.7 Å². The van der Waals surface area contributed by atoms with E-state index in [-0.39, 0.29) is 19.8 Å². The van der Waals surface area contributed by atoms with Crippen molar-refractivity contribution in [2.75, 3.05) is 39.6 Å². The van der Waals surface area contributed by atoms with E-state index in [0.29, 0.717) is 6.54 Å². The molecule has 0 bridgehead atoms. The minimum atomic E-state index is -1.76. The Morgan fingerprint density at radius 1 is 0.812 bits per heavy atom. The lowest BCUT2D eigenvalue weighted by Crippen LogP contribution is -2.65. The number of amides is 1. The molecule has 0 aliphatic carbocycles. The van der Waals surface area contributed by atoms with Gasteiger partial charge in [-0.2, -0.15) is 0 Å². The lowest BCUT2D eigenvalue weighted by molar-refractivity contribution is -0.367. The molecule has 1 unspecified atom stereocenters. The molecule has 2 rings (SSSR count). The number of hydrogen-bond acceptors (Lipinski definition) is 14. The van der Waals surface area contributed by atoms with Crippen LogP contribution < -0.4 is 11.5 Å². The molecule has 2 saturated heterocycles. The van der Waals surface area contributed by atoms with Crippen molar-refractivity contribution in [1.82, 2.24) is 0 Å². The standard InChI is InChI=1S/C17H32N2O13/c18-1-2-27-3-4-28-15-13(11(24)9(22)7(5-20)29-15)31-16-14(32-17(19)26)12(25)10(23)8(6-21)30-16/h7-16,20-25H,1-6,18H2,(H2,19,26)/t7-,8+,9+,10+,11-,12-,13-,14-,15?,16+/m0/s1. The summed E-state index contributed by atoms with van der Waals surface area (Å²) in [6, 6.07) is 0. The molecule has 1 amide bonds. The van der Waals surface area contributed by atoms with Crippen LogP contribution in [-0.4, -0.2) is 138 Å². The maximum atomic E-state index is 11.3. The number of hydrogen-bond donors (Lipinski definition) is 8. The zero-order valence-corrected chi connectivity index (χ0v) is 17.2. The van der Waals surface area contributed by atoms with Gasteiger partial charge in [0.2, 0.25) is 0 Å². The third-order valence-electron chi connectivity index (χ3n) is 4.96. The van der Waals surface area contributed by atoms with Crippen LogP contribution in [0.4, 0.5) is 4.79 Å². The van der Waals surface area contributed by atoms with Gasteiger partial charge in [-0.3, -0.25) is 0 Å². The largest absolute Gasteiger partial charge is 0.438 e. The maximum absolute atomic E-state index is 11.3. The molecule has 32 heavy (non-hydrogen) atoms. The Bertz CT molecular complexity index is 573. The van der Waals surface area contributed by atoms with Gasteiger partial charge in [0.25, 0.3) is 0 Å². The van der Waals surface area contributed by atoms with Crippen LogP contribution in [0.25, 0.3) is 0 Å². The van der Waals surface area contributed by atoms with Gasteiger partial charge in [-0.1, -0.05) is 0 Å². The smallest absolute Gasteiger partial charge is 0.405 e. The molecular weight excluding hydrogens is 440 g/mol. The summed E-state index contributed by atoms with van der Waals surface area (Å²) in [5.74, 6) is 0. The lowest BCUT2D eigenvalue weighted by atomic mass is 9.97. The zero-order chi connectivity index (χ0) is 23.8. The molecule has 15 nitrogen and oxygen atoms in total. The van der Waals surface area contributed by atoms with E-state index < -0.39 is 80.7 Å². The summed E-state index contributed by atoms with van der Waals surface area (Å²) in [4.78, 5) is 11.3. The van der Waals surface area contributed by atoms with Crippen molar-refractivity contribution in [2.45, 2.75) is 61.4 Å². The highest BCUT2D eigenvalue weighted by Gasteiger charge is 2.52. The fourth-order valence-corrected chi connectivity index (χ4v) is 3.32. The van der Waals surface area contributed by atoms with Crippen molar-refractivity contribution >= 4 is 6.09 Å². The zero-order valence-electron chi connectivity index (χ0n) is 17.2. The highest BCUT2D eigenvalue weighted by Crippen LogP contribution is 2.30. The van der Waals surface area contributed by atoms with Crippen LogP contribution in [0.3, 0.4) is 0 Å². The summed E-state index contributed by atoms with van der Waals surface area (Å²) < 4.78 is 31.9. The predicted octanol–water partition coefficient (Wildman–Crippen LogP) is -5.29. The maximum Gasteiger partial charge on any atom is 0.405 e. The number of aliphatic hydroxyl groups excluding tert-OH is 6. The average molecular weight is 472 g/mol. The Hall–Kier alpha value is -1.21. The van der Waals surface area contributed by atoms with Crippen molar-refractivity contribution in [3.05, 3.63) is 0 Å². The molecule has 10 atom stereocenters.